The van der Waals surface area contributed by atoms with E-state index in [-0.39, 0.29) is 5.78 Å². The molecule has 66 valence electrons. The predicted molar refractivity (Wildman–Crippen MR) is 53.9 cm³/mol. The molecule has 0 aliphatic carbocycles. The van der Waals surface area contributed by atoms with Crippen molar-refractivity contribution in [3.63, 3.8) is 0 Å². The molecule has 1 aromatic carbocycles. The Morgan fingerprint density at radius 3 is 2.69 bits per heavy atom. The van der Waals surface area contributed by atoms with E-state index in [9.17, 15) is 4.79 Å². The Labute approximate surface area is 78.0 Å². The van der Waals surface area contributed by atoms with Gasteiger partial charge in [0.2, 0.25) is 0 Å². The highest BCUT2D eigenvalue weighted by Gasteiger charge is 2.02. The molecule has 0 aromatic heterocycles. The SMILES string of the molecule is C#Cc1cc(C(C)=O)ccc1NC. The Morgan fingerprint density at radius 1 is 1.54 bits per heavy atom. The predicted octanol–water partition coefficient (Wildman–Crippen LogP) is 1.91. The van der Waals surface area contributed by atoms with Gasteiger partial charge in [0.15, 0.2) is 5.78 Å². The normalized spacial score (nSPS) is 9.00. The summed E-state index contributed by atoms with van der Waals surface area (Å²) in [5.41, 5.74) is 2.23. The van der Waals surface area contributed by atoms with Crippen LogP contribution in [-0.2, 0) is 0 Å². The molecule has 1 aromatic rings. The number of rotatable bonds is 2. The first-order chi connectivity index (χ1) is 6.19. The minimum Gasteiger partial charge on any atom is -0.387 e. The minimum absolute atomic E-state index is 0.0270. The van der Waals surface area contributed by atoms with E-state index in [0.717, 1.165) is 11.3 Å². The average Bonchev–Trinajstić information content (AvgIpc) is 2.16. The highest BCUT2D eigenvalue weighted by molar-refractivity contribution is 5.95. The lowest BCUT2D eigenvalue weighted by atomic mass is 10.1. The summed E-state index contributed by atoms with van der Waals surface area (Å²) in [5, 5.41) is 2.96. The van der Waals surface area contributed by atoms with Crippen LogP contribution in [0.15, 0.2) is 18.2 Å². The maximum atomic E-state index is 11.0. The second-order valence-electron chi connectivity index (χ2n) is 2.71. The van der Waals surface area contributed by atoms with Gasteiger partial charge in [-0.1, -0.05) is 5.92 Å². The maximum Gasteiger partial charge on any atom is 0.159 e. The summed E-state index contributed by atoms with van der Waals surface area (Å²) in [6.45, 7) is 1.52. The van der Waals surface area contributed by atoms with Gasteiger partial charge in [0.25, 0.3) is 0 Å². The number of Topliss-reactive ketones (excluding diaryl/α,β-unsaturated/α-hetero) is 1. The van der Waals surface area contributed by atoms with Crippen molar-refractivity contribution >= 4 is 11.5 Å². The van der Waals surface area contributed by atoms with Crippen LogP contribution >= 0.6 is 0 Å². The van der Waals surface area contributed by atoms with Crippen molar-refractivity contribution in [1.82, 2.24) is 0 Å². The molecule has 0 amide bonds. The van der Waals surface area contributed by atoms with Crippen LogP contribution in [0.5, 0.6) is 0 Å². The second-order valence-corrected chi connectivity index (χ2v) is 2.71. The highest BCUT2D eigenvalue weighted by atomic mass is 16.1. The Morgan fingerprint density at radius 2 is 2.23 bits per heavy atom. The fourth-order valence-corrected chi connectivity index (χ4v) is 1.10. The van der Waals surface area contributed by atoms with Crippen molar-refractivity contribution in [1.29, 1.82) is 0 Å². The van der Waals surface area contributed by atoms with Crippen molar-refractivity contribution < 1.29 is 4.79 Å². The molecule has 0 spiro atoms. The number of terminal acetylenes is 1. The van der Waals surface area contributed by atoms with E-state index in [1.165, 1.54) is 6.92 Å². The van der Waals surface area contributed by atoms with Crippen molar-refractivity contribution in [3.8, 4) is 12.3 Å². The number of carbonyl (C=O) groups excluding carboxylic acids is 1. The van der Waals surface area contributed by atoms with Crippen LogP contribution in [-0.4, -0.2) is 12.8 Å². The Balaban J connectivity index is 3.23. The number of hydrogen-bond acceptors (Lipinski definition) is 2. The molecule has 0 saturated heterocycles. The highest BCUT2D eigenvalue weighted by Crippen LogP contribution is 2.16. The topological polar surface area (TPSA) is 29.1 Å². The first-order valence-electron chi connectivity index (χ1n) is 3.98. The standard InChI is InChI=1S/C11H11NO/c1-4-9-7-10(8(2)13)5-6-11(9)12-3/h1,5-7,12H,2-3H3. The summed E-state index contributed by atoms with van der Waals surface area (Å²) in [6, 6.07) is 5.29. The molecule has 13 heavy (non-hydrogen) atoms. The molecule has 2 nitrogen and oxygen atoms in total. The monoisotopic (exact) mass is 173 g/mol. The first-order valence-corrected chi connectivity index (χ1v) is 3.98. The third-order valence-corrected chi connectivity index (χ3v) is 1.85. The van der Waals surface area contributed by atoms with Gasteiger partial charge < -0.3 is 5.32 Å². The number of benzene rings is 1. The van der Waals surface area contributed by atoms with E-state index in [1.54, 1.807) is 19.2 Å². The summed E-state index contributed by atoms with van der Waals surface area (Å²) in [7, 11) is 1.80. The maximum absolute atomic E-state index is 11.0. The number of carbonyl (C=O) groups is 1. The summed E-state index contributed by atoms with van der Waals surface area (Å²) in [5.74, 6) is 2.55. The molecule has 0 atom stereocenters. The Bertz CT molecular complexity index is 374. The van der Waals surface area contributed by atoms with E-state index in [4.69, 9.17) is 6.42 Å². The molecule has 0 radical (unpaired) electrons. The van der Waals surface area contributed by atoms with Gasteiger partial charge in [-0.3, -0.25) is 4.79 Å². The zero-order chi connectivity index (χ0) is 9.84. The van der Waals surface area contributed by atoms with Gasteiger partial charge in [-0.25, -0.2) is 0 Å². The quantitative estimate of drug-likeness (QED) is 0.546. The van der Waals surface area contributed by atoms with Gasteiger partial charge in [0.1, 0.15) is 0 Å². The number of anilines is 1. The smallest absolute Gasteiger partial charge is 0.159 e. The first kappa shape index (κ1) is 9.34. The summed E-state index contributed by atoms with van der Waals surface area (Å²) >= 11 is 0. The zero-order valence-corrected chi connectivity index (χ0v) is 7.72. The van der Waals surface area contributed by atoms with Crippen molar-refractivity contribution in [2.24, 2.45) is 0 Å². The van der Waals surface area contributed by atoms with Gasteiger partial charge in [-0.05, 0) is 25.1 Å². The van der Waals surface area contributed by atoms with Crippen molar-refractivity contribution in [3.05, 3.63) is 29.3 Å². The lowest BCUT2D eigenvalue weighted by molar-refractivity contribution is 0.101. The van der Waals surface area contributed by atoms with E-state index in [1.807, 2.05) is 6.07 Å². The van der Waals surface area contributed by atoms with Gasteiger partial charge in [-0.15, -0.1) is 6.42 Å². The third-order valence-electron chi connectivity index (χ3n) is 1.85. The van der Waals surface area contributed by atoms with E-state index >= 15 is 0 Å². The van der Waals surface area contributed by atoms with Crippen LogP contribution in [0.25, 0.3) is 0 Å². The molecule has 0 fully saturated rings. The van der Waals surface area contributed by atoms with Crippen molar-refractivity contribution in [2.75, 3.05) is 12.4 Å². The van der Waals surface area contributed by atoms with Gasteiger partial charge in [-0.2, -0.15) is 0 Å². The molecular weight excluding hydrogens is 162 g/mol. The Hall–Kier alpha value is -1.75. The molecule has 0 saturated carbocycles. The van der Waals surface area contributed by atoms with Crippen molar-refractivity contribution in [2.45, 2.75) is 6.92 Å². The average molecular weight is 173 g/mol. The number of ketones is 1. The minimum atomic E-state index is 0.0270. The van der Waals surface area contributed by atoms with E-state index in [2.05, 4.69) is 11.2 Å². The van der Waals surface area contributed by atoms with Crippen LogP contribution in [0, 0.1) is 12.3 Å². The van der Waals surface area contributed by atoms with Crippen LogP contribution in [0.1, 0.15) is 22.8 Å². The van der Waals surface area contributed by atoms with E-state index in [0.29, 0.717) is 5.56 Å². The molecule has 0 bridgehead atoms. The molecule has 0 aliphatic heterocycles. The zero-order valence-electron chi connectivity index (χ0n) is 7.72. The number of hydrogen-bond donors (Lipinski definition) is 1. The largest absolute Gasteiger partial charge is 0.387 e. The summed E-state index contributed by atoms with van der Waals surface area (Å²) in [6.07, 6.45) is 5.29. The molecular formula is C11H11NO. The lowest BCUT2D eigenvalue weighted by Gasteiger charge is -2.04. The lowest BCUT2D eigenvalue weighted by Crippen LogP contribution is -1.97. The van der Waals surface area contributed by atoms with Gasteiger partial charge >= 0.3 is 0 Å². The molecule has 1 N–H and O–H groups in total. The molecule has 0 unspecified atom stereocenters. The molecule has 0 aliphatic rings. The summed E-state index contributed by atoms with van der Waals surface area (Å²) in [4.78, 5) is 11.0. The van der Waals surface area contributed by atoms with Crippen LogP contribution in [0.4, 0.5) is 5.69 Å². The molecule has 0 heterocycles. The third kappa shape index (κ3) is 1.88. The molecule has 1 rings (SSSR count). The van der Waals surface area contributed by atoms with E-state index < -0.39 is 0 Å². The molecule has 2 heteroatoms. The van der Waals surface area contributed by atoms with Crippen LogP contribution < -0.4 is 5.32 Å². The van der Waals surface area contributed by atoms with Gasteiger partial charge in [0, 0.05) is 23.9 Å². The number of nitrogens with one attached hydrogen (secondary N) is 1. The second kappa shape index (κ2) is 3.77. The Kier molecular flexibility index (Phi) is 2.71. The van der Waals surface area contributed by atoms with Gasteiger partial charge in [0.05, 0.1) is 0 Å². The van der Waals surface area contributed by atoms with Crippen LogP contribution in [0.3, 0.4) is 0 Å². The van der Waals surface area contributed by atoms with Crippen LogP contribution in [0.2, 0.25) is 0 Å². The fraction of sp³-hybridized carbons (Fsp3) is 0.182. The summed E-state index contributed by atoms with van der Waals surface area (Å²) < 4.78 is 0. The fourth-order valence-electron chi connectivity index (χ4n) is 1.10.